The predicted molar refractivity (Wildman–Crippen MR) is 87.4 cm³/mol. The molecule has 0 aliphatic heterocycles. The van der Waals surface area contributed by atoms with Crippen LogP contribution in [-0.2, 0) is 0 Å². The second kappa shape index (κ2) is 9.03. The van der Waals surface area contributed by atoms with Gasteiger partial charge in [0.2, 0.25) is 0 Å². The summed E-state index contributed by atoms with van der Waals surface area (Å²) < 4.78 is 0. The van der Waals surface area contributed by atoms with Gasteiger partial charge in [-0.1, -0.05) is 86.0 Å². The Hall–Kier alpha value is 0. The van der Waals surface area contributed by atoms with Gasteiger partial charge in [0.15, 0.2) is 0 Å². The highest BCUT2D eigenvalue weighted by Crippen LogP contribution is 2.35. The first-order valence-electron chi connectivity index (χ1n) is 9.04. The molecule has 1 rings (SSSR count). The van der Waals surface area contributed by atoms with Gasteiger partial charge in [-0.15, -0.1) is 0 Å². The maximum Gasteiger partial charge on any atom is -0.0386 e. The van der Waals surface area contributed by atoms with Crippen LogP contribution in [0.1, 0.15) is 92.4 Å². The zero-order valence-corrected chi connectivity index (χ0v) is 14.3. The van der Waals surface area contributed by atoms with Crippen LogP contribution in [0, 0.1) is 29.6 Å². The zero-order chi connectivity index (χ0) is 14.3. The van der Waals surface area contributed by atoms with Gasteiger partial charge in [-0.3, -0.25) is 0 Å². The Labute approximate surface area is 122 Å². The van der Waals surface area contributed by atoms with Crippen LogP contribution in [0.15, 0.2) is 0 Å². The lowest BCUT2D eigenvalue weighted by Gasteiger charge is -2.30. The van der Waals surface area contributed by atoms with Crippen molar-refractivity contribution in [3.05, 3.63) is 0 Å². The van der Waals surface area contributed by atoms with Crippen molar-refractivity contribution in [2.45, 2.75) is 92.4 Å². The Bertz CT molecular complexity index is 208. The molecule has 1 aliphatic carbocycles. The van der Waals surface area contributed by atoms with Gasteiger partial charge < -0.3 is 0 Å². The fourth-order valence-electron chi connectivity index (χ4n) is 3.80. The van der Waals surface area contributed by atoms with Crippen molar-refractivity contribution < 1.29 is 0 Å². The predicted octanol–water partition coefficient (Wildman–Crippen LogP) is 6.69. The molecule has 0 saturated heterocycles. The van der Waals surface area contributed by atoms with Crippen molar-refractivity contribution in [1.29, 1.82) is 0 Å². The average Bonchev–Trinajstić information content (AvgIpc) is 2.35. The van der Waals surface area contributed by atoms with Gasteiger partial charge in [0.1, 0.15) is 0 Å². The minimum absolute atomic E-state index is 0.857. The van der Waals surface area contributed by atoms with Crippen molar-refractivity contribution in [2.75, 3.05) is 0 Å². The van der Waals surface area contributed by atoms with Crippen LogP contribution in [0.2, 0.25) is 0 Å². The van der Waals surface area contributed by atoms with E-state index in [1.54, 1.807) is 0 Å². The third-order valence-electron chi connectivity index (χ3n) is 5.87. The quantitative estimate of drug-likeness (QED) is 0.502. The summed E-state index contributed by atoms with van der Waals surface area (Å²) in [5.41, 5.74) is 0. The summed E-state index contributed by atoms with van der Waals surface area (Å²) in [6.07, 6.45) is 13.3. The Kier molecular flexibility index (Phi) is 8.11. The van der Waals surface area contributed by atoms with E-state index < -0.39 is 0 Å². The zero-order valence-electron chi connectivity index (χ0n) is 14.3. The van der Waals surface area contributed by atoms with Crippen LogP contribution >= 0.6 is 0 Å². The van der Waals surface area contributed by atoms with Gasteiger partial charge in [-0.05, 0) is 36.0 Å². The van der Waals surface area contributed by atoms with E-state index in [1.165, 1.54) is 57.8 Å². The molecular formula is C19H38. The maximum absolute atomic E-state index is 2.45. The molecule has 0 aromatic heterocycles. The molecule has 1 saturated carbocycles. The van der Waals surface area contributed by atoms with E-state index in [9.17, 15) is 0 Å². The summed E-state index contributed by atoms with van der Waals surface area (Å²) in [6, 6.07) is 0. The second-order valence-corrected chi connectivity index (χ2v) is 7.69. The molecule has 19 heavy (non-hydrogen) atoms. The molecule has 0 heteroatoms. The van der Waals surface area contributed by atoms with Crippen LogP contribution in [0.4, 0.5) is 0 Å². The SMILES string of the molecule is CCC(CCC(C)C(C)C)C1CCCC(C)CCC1. The molecule has 0 radical (unpaired) electrons. The Balaban J connectivity index is 2.39. The molecule has 0 amide bonds. The summed E-state index contributed by atoms with van der Waals surface area (Å²) in [5, 5.41) is 0. The summed E-state index contributed by atoms with van der Waals surface area (Å²) >= 11 is 0. The maximum atomic E-state index is 2.45. The second-order valence-electron chi connectivity index (χ2n) is 7.69. The summed E-state index contributed by atoms with van der Waals surface area (Å²) in [5.74, 6) is 4.80. The molecule has 0 heterocycles. The van der Waals surface area contributed by atoms with Gasteiger partial charge in [-0.25, -0.2) is 0 Å². The van der Waals surface area contributed by atoms with Crippen molar-refractivity contribution in [3.8, 4) is 0 Å². The highest BCUT2D eigenvalue weighted by molar-refractivity contribution is 4.74. The Morgan fingerprint density at radius 3 is 1.95 bits per heavy atom. The van der Waals surface area contributed by atoms with Crippen LogP contribution in [0.5, 0.6) is 0 Å². The van der Waals surface area contributed by atoms with Crippen LogP contribution < -0.4 is 0 Å². The molecule has 0 bridgehead atoms. The molecule has 1 aliphatic rings. The lowest BCUT2D eigenvalue weighted by atomic mass is 9.75. The largest absolute Gasteiger partial charge is 0.0651 e. The molecule has 114 valence electrons. The molecule has 2 atom stereocenters. The van der Waals surface area contributed by atoms with E-state index in [1.807, 2.05) is 0 Å². The molecule has 0 aromatic carbocycles. The minimum atomic E-state index is 0.857. The van der Waals surface area contributed by atoms with Crippen molar-refractivity contribution in [2.24, 2.45) is 29.6 Å². The van der Waals surface area contributed by atoms with Gasteiger partial charge in [0.05, 0.1) is 0 Å². The molecule has 2 unspecified atom stereocenters. The highest BCUT2D eigenvalue weighted by atomic mass is 14.3. The molecule has 1 fully saturated rings. The molecule has 0 N–H and O–H groups in total. The van der Waals surface area contributed by atoms with Crippen molar-refractivity contribution in [1.82, 2.24) is 0 Å². The summed E-state index contributed by atoms with van der Waals surface area (Å²) in [7, 11) is 0. The summed E-state index contributed by atoms with van der Waals surface area (Å²) in [4.78, 5) is 0. The number of hydrogen-bond acceptors (Lipinski definition) is 0. The number of hydrogen-bond donors (Lipinski definition) is 0. The molecule has 0 aromatic rings. The first kappa shape index (κ1) is 17.1. The van der Waals surface area contributed by atoms with Gasteiger partial charge in [0.25, 0.3) is 0 Å². The fourth-order valence-corrected chi connectivity index (χ4v) is 3.80. The first-order chi connectivity index (χ1) is 9.04. The van der Waals surface area contributed by atoms with E-state index >= 15 is 0 Å². The topological polar surface area (TPSA) is 0 Å². The van der Waals surface area contributed by atoms with E-state index in [0.717, 1.165) is 29.6 Å². The Morgan fingerprint density at radius 1 is 0.895 bits per heavy atom. The standard InChI is InChI=1S/C19H38/c1-6-18(14-13-17(5)15(2)3)19-11-7-9-16(4)10-8-12-19/h15-19H,6-14H2,1-5H3. The van der Waals surface area contributed by atoms with Crippen molar-refractivity contribution in [3.63, 3.8) is 0 Å². The first-order valence-corrected chi connectivity index (χ1v) is 9.04. The third-order valence-corrected chi connectivity index (χ3v) is 5.87. The van der Waals surface area contributed by atoms with E-state index in [-0.39, 0.29) is 0 Å². The van der Waals surface area contributed by atoms with Crippen LogP contribution in [0.25, 0.3) is 0 Å². The lowest BCUT2D eigenvalue weighted by molar-refractivity contribution is 0.213. The lowest BCUT2D eigenvalue weighted by Crippen LogP contribution is -2.18. The fraction of sp³-hybridized carbons (Fsp3) is 1.00. The van der Waals surface area contributed by atoms with Gasteiger partial charge in [-0.2, -0.15) is 0 Å². The minimum Gasteiger partial charge on any atom is -0.0651 e. The molecule has 0 nitrogen and oxygen atoms in total. The van der Waals surface area contributed by atoms with E-state index in [2.05, 4.69) is 34.6 Å². The normalized spacial score (nSPS) is 28.7. The van der Waals surface area contributed by atoms with Gasteiger partial charge in [0, 0.05) is 0 Å². The average molecular weight is 267 g/mol. The van der Waals surface area contributed by atoms with Gasteiger partial charge >= 0.3 is 0 Å². The third kappa shape index (κ3) is 6.32. The monoisotopic (exact) mass is 266 g/mol. The van der Waals surface area contributed by atoms with E-state index in [4.69, 9.17) is 0 Å². The van der Waals surface area contributed by atoms with Crippen LogP contribution in [0.3, 0.4) is 0 Å². The number of rotatable bonds is 6. The van der Waals surface area contributed by atoms with E-state index in [0.29, 0.717) is 0 Å². The van der Waals surface area contributed by atoms with Crippen LogP contribution in [-0.4, -0.2) is 0 Å². The smallest absolute Gasteiger partial charge is 0.0386 e. The molecule has 0 spiro atoms. The highest BCUT2D eigenvalue weighted by Gasteiger charge is 2.22. The van der Waals surface area contributed by atoms with Crippen molar-refractivity contribution >= 4 is 0 Å². The summed E-state index contributed by atoms with van der Waals surface area (Å²) in [6.45, 7) is 12.1. The Morgan fingerprint density at radius 2 is 1.47 bits per heavy atom. The molecular weight excluding hydrogens is 228 g/mol.